The Morgan fingerprint density at radius 2 is 2.42 bits per heavy atom. The molecular formula is C14H19FN2O2. The quantitative estimate of drug-likeness (QED) is 0.847. The van der Waals surface area contributed by atoms with E-state index in [4.69, 9.17) is 10.5 Å². The van der Waals surface area contributed by atoms with E-state index in [2.05, 4.69) is 12.2 Å². The summed E-state index contributed by atoms with van der Waals surface area (Å²) in [5.41, 5.74) is 5.83. The zero-order valence-electron chi connectivity index (χ0n) is 11.0. The highest BCUT2D eigenvalue weighted by Gasteiger charge is 2.22. The molecule has 0 aromatic heterocycles. The summed E-state index contributed by atoms with van der Waals surface area (Å²) in [5.74, 6) is -0.540. The molecule has 1 fully saturated rings. The van der Waals surface area contributed by atoms with E-state index in [1.165, 1.54) is 6.07 Å². The fourth-order valence-electron chi connectivity index (χ4n) is 2.23. The van der Waals surface area contributed by atoms with Gasteiger partial charge >= 0.3 is 0 Å². The van der Waals surface area contributed by atoms with Gasteiger partial charge in [0.2, 0.25) is 5.91 Å². The van der Waals surface area contributed by atoms with Gasteiger partial charge in [-0.2, -0.15) is 0 Å². The Kier molecular flexibility index (Phi) is 4.50. The van der Waals surface area contributed by atoms with Crippen molar-refractivity contribution in [3.63, 3.8) is 0 Å². The van der Waals surface area contributed by atoms with Crippen LogP contribution in [0.5, 0.6) is 0 Å². The second-order valence-corrected chi connectivity index (χ2v) is 4.96. The van der Waals surface area contributed by atoms with E-state index in [0.717, 1.165) is 19.6 Å². The molecule has 0 aliphatic carbocycles. The minimum Gasteiger partial charge on any atom is -0.381 e. The second kappa shape index (κ2) is 6.12. The van der Waals surface area contributed by atoms with Gasteiger partial charge in [0.25, 0.3) is 0 Å². The summed E-state index contributed by atoms with van der Waals surface area (Å²) in [4.78, 5) is 10.9. The summed E-state index contributed by atoms with van der Waals surface area (Å²) in [6.45, 7) is 4.08. The molecule has 0 radical (unpaired) electrons. The lowest BCUT2D eigenvalue weighted by Crippen LogP contribution is -2.33. The molecule has 1 heterocycles. The summed E-state index contributed by atoms with van der Waals surface area (Å²) < 4.78 is 19.1. The summed E-state index contributed by atoms with van der Waals surface area (Å²) in [5, 5.41) is 3.29. The number of rotatable bonds is 5. The number of primary amides is 1. The number of carbonyl (C=O) groups excluding carboxylic acids is 1. The van der Waals surface area contributed by atoms with Gasteiger partial charge in [-0.25, -0.2) is 4.39 Å². The maximum atomic E-state index is 13.8. The zero-order valence-corrected chi connectivity index (χ0v) is 11.0. The number of benzene rings is 1. The lowest BCUT2D eigenvalue weighted by molar-refractivity contribution is 0.1000. The number of hydrogen-bond donors (Lipinski definition) is 2. The van der Waals surface area contributed by atoms with Crippen LogP contribution >= 0.6 is 0 Å². The Morgan fingerprint density at radius 1 is 1.63 bits per heavy atom. The number of nitrogens with two attached hydrogens (primary N) is 1. The first-order valence-electron chi connectivity index (χ1n) is 6.47. The molecule has 1 saturated heterocycles. The monoisotopic (exact) mass is 266 g/mol. The Labute approximate surface area is 112 Å². The molecule has 1 amide bonds. The number of nitrogens with one attached hydrogen (secondary N) is 1. The Hall–Kier alpha value is -1.46. The van der Waals surface area contributed by atoms with Gasteiger partial charge in [0, 0.05) is 30.3 Å². The maximum absolute atomic E-state index is 13.8. The molecule has 104 valence electrons. The van der Waals surface area contributed by atoms with Crippen molar-refractivity contribution in [3.8, 4) is 0 Å². The Balaban J connectivity index is 1.93. The van der Waals surface area contributed by atoms with Crippen LogP contribution < -0.4 is 11.1 Å². The molecule has 3 N–H and O–H groups in total. The van der Waals surface area contributed by atoms with Crippen LogP contribution in [0, 0.1) is 11.7 Å². The topological polar surface area (TPSA) is 64.3 Å². The summed E-state index contributed by atoms with van der Waals surface area (Å²) in [6, 6.07) is 4.60. The van der Waals surface area contributed by atoms with Crippen molar-refractivity contribution in [2.24, 2.45) is 11.7 Å². The fourth-order valence-corrected chi connectivity index (χ4v) is 2.23. The molecule has 1 aliphatic heterocycles. The molecule has 0 bridgehead atoms. The third-order valence-corrected chi connectivity index (χ3v) is 3.62. The molecule has 1 aromatic carbocycles. The average Bonchev–Trinajstić information content (AvgIpc) is 2.90. The van der Waals surface area contributed by atoms with Crippen LogP contribution in [0.1, 0.15) is 29.3 Å². The van der Waals surface area contributed by atoms with Crippen LogP contribution in [0.25, 0.3) is 0 Å². The zero-order chi connectivity index (χ0) is 13.8. The van der Waals surface area contributed by atoms with Gasteiger partial charge < -0.3 is 15.8 Å². The van der Waals surface area contributed by atoms with Gasteiger partial charge in [-0.05, 0) is 31.4 Å². The Morgan fingerprint density at radius 3 is 3.00 bits per heavy atom. The SMILES string of the molecule is CC(NCc1ccc(C(N)=O)cc1F)C1CCOC1. The molecule has 19 heavy (non-hydrogen) atoms. The number of carbonyl (C=O) groups is 1. The van der Waals surface area contributed by atoms with Crippen molar-refractivity contribution >= 4 is 5.91 Å². The first kappa shape index (κ1) is 14.0. The number of ether oxygens (including phenoxy) is 1. The van der Waals surface area contributed by atoms with Crippen LogP contribution in [0.15, 0.2) is 18.2 Å². The minimum atomic E-state index is -0.616. The van der Waals surface area contributed by atoms with Crippen molar-refractivity contribution in [1.29, 1.82) is 0 Å². The third kappa shape index (κ3) is 3.52. The minimum absolute atomic E-state index is 0.193. The molecule has 2 unspecified atom stereocenters. The summed E-state index contributed by atoms with van der Waals surface area (Å²) in [6.07, 6.45) is 1.04. The van der Waals surface area contributed by atoms with E-state index >= 15 is 0 Å². The summed E-state index contributed by atoms with van der Waals surface area (Å²) in [7, 11) is 0. The van der Waals surface area contributed by atoms with E-state index in [1.54, 1.807) is 12.1 Å². The molecular weight excluding hydrogens is 247 g/mol. The second-order valence-electron chi connectivity index (χ2n) is 4.96. The number of amides is 1. The van der Waals surface area contributed by atoms with E-state index in [1.807, 2.05) is 0 Å². The molecule has 4 nitrogen and oxygen atoms in total. The molecule has 5 heteroatoms. The molecule has 0 saturated carbocycles. The number of hydrogen-bond acceptors (Lipinski definition) is 3. The van der Waals surface area contributed by atoms with Gasteiger partial charge in [0.15, 0.2) is 0 Å². The van der Waals surface area contributed by atoms with Gasteiger partial charge in [-0.3, -0.25) is 4.79 Å². The van der Waals surface area contributed by atoms with Gasteiger partial charge in [0.05, 0.1) is 6.61 Å². The van der Waals surface area contributed by atoms with Crippen molar-refractivity contribution in [3.05, 3.63) is 35.1 Å². The number of halogens is 1. The predicted molar refractivity (Wildman–Crippen MR) is 70.1 cm³/mol. The van der Waals surface area contributed by atoms with Crippen molar-refractivity contribution in [1.82, 2.24) is 5.32 Å². The van der Waals surface area contributed by atoms with Crippen LogP contribution in [0.2, 0.25) is 0 Å². The lowest BCUT2D eigenvalue weighted by Gasteiger charge is -2.19. The van der Waals surface area contributed by atoms with Crippen molar-refractivity contribution < 1.29 is 13.9 Å². The third-order valence-electron chi connectivity index (χ3n) is 3.62. The van der Waals surface area contributed by atoms with Crippen molar-refractivity contribution in [2.45, 2.75) is 25.9 Å². The first-order chi connectivity index (χ1) is 9.08. The first-order valence-corrected chi connectivity index (χ1v) is 6.47. The van der Waals surface area contributed by atoms with Gasteiger partial charge in [-0.1, -0.05) is 6.07 Å². The normalized spacial score (nSPS) is 20.4. The molecule has 1 aromatic rings. The van der Waals surface area contributed by atoms with E-state index in [-0.39, 0.29) is 11.6 Å². The average molecular weight is 266 g/mol. The molecule has 2 atom stereocenters. The largest absolute Gasteiger partial charge is 0.381 e. The predicted octanol–water partition coefficient (Wildman–Crippen LogP) is 1.44. The van der Waals surface area contributed by atoms with Crippen LogP contribution in [0.3, 0.4) is 0 Å². The Bertz CT molecular complexity index is 459. The smallest absolute Gasteiger partial charge is 0.248 e. The van der Waals surface area contributed by atoms with E-state index in [9.17, 15) is 9.18 Å². The fraction of sp³-hybridized carbons (Fsp3) is 0.500. The van der Waals surface area contributed by atoms with Gasteiger partial charge in [-0.15, -0.1) is 0 Å². The lowest BCUT2D eigenvalue weighted by atomic mass is 10.0. The highest BCUT2D eigenvalue weighted by molar-refractivity contribution is 5.92. The van der Waals surface area contributed by atoms with Crippen LogP contribution in [-0.4, -0.2) is 25.2 Å². The van der Waals surface area contributed by atoms with E-state index in [0.29, 0.717) is 18.0 Å². The van der Waals surface area contributed by atoms with Crippen molar-refractivity contribution in [2.75, 3.05) is 13.2 Å². The molecule has 1 aliphatic rings. The maximum Gasteiger partial charge on any atom is 0.248 e. The molecule has 0 spiro atoms. The summed E-state index contributed by atoms with van der Waals surface area (Å²) >= 11 is 0. The van der Waals surface area contributed by atoms with Gasteiger partial charge in [0.1, 0.15) is 5.82 Å². The van der Waals surface area contributed by atoms with Crippen LogP contribution in [0.4, 0.5) is 4.39 Å². The molecule has 2 rings (SSSR count). The van der Waals surface area contributed by atoms with Crippen LogP contribution in [-0.2, 0) is 11.3 Å². The van der Waals surface area contributed by atoms with E-state index < -0.39 is 11.7 Å². The highest BCUT2D eigenvalue weighted by atomic mass is 19.1. The highest BCUT2D eigenvalue weighted by Crippen LogP contribution is 2.17. The standard InChI is InChI=1S/C14H19FN2O2/c1-9(12-4-5-19-8-12)17-7-11-3-2-10(14(16)18)6-13(11)15/h2-3,6,9,12,17H,4-5,7-8H2,1H3,(H2,16,18).